The van der Waals surface area contributed by atoms with Crippen LogP contribution in [0.15, 0.2) is 72.8 Å². The second-order valence-corrected chi connectivity index (χ2v) is 13.4. The number of aliphatic carboxylic acids is 2. The standard InChI is InChI=1S/2C23H30O5.2Na/c2*1-3-7-20-18(11-13-23(25)26)8-5-9-21(20)27-14-6-15-28-22-16-19(24)12-10-17(22)4-2;;/h2*5,8-10,12,16,24H,3-4,6-7,11,13-15H2,1-2H3,(H,25,26);;/q;;2*+1/p-2. The molecule has 12 heteroatoms. The van der Waals surface area contributed by atoms with Gasteiger partial charge in [0.05, 0.1) is 26.4 Å². The molecule has 304 valence electrons. The number of benzene rings is 4. The summed E-state index contributed by atoms with van der Waals surface area (Å²) in [5.74, 6) is 1.35. The first-order valence-corrected chi connectivity index (χ1v) is 19.9. The van der Waals surface area contributed by atoms with Crippen LogP contribution in [0, 0.1) is 0 Å². The summed E-state index contributed by atoms with van der Waals surface area (Å²) in [6.45, 7) is 10.3. The molecule has 4 aromatic rings. The van der Waals surface area contributed by atoms with Gasteiger partial charge in [-0.3, -0.25) is 0 Å². The fourth-order valence-electron chi connectivity index (χ4n) is 6.29. The Morgan fingerprint density at radius 3 is 1.19 bits per heavy atom. The van der Waals surface area contributed by atoms with Gasteiger partial charge in [0, 0.05) is 36.9 Å². The first-order valence-electron chi connectivity index (χ1n) is 19.9. The zero-order valence-corrected chi connectivity index (χ0v) is 39.4. The maximum absolute atomic E-state index is 10.8. The molecule has 0 atom stereocenters. The Morgan fingerprint density at radius 2 is 0.862 bits per heavy atom. The molecule has 0 fully saturated rings. The van der Waals surface area contributed by atoms with Crippen LogP contribution in [0.4, 0.5) is 0 Å². The molecule has 0 aliphatic heterocycles. The zero-order chi connectivity index (χ0) is 40.7. The third-order valence-electron chi connectivity index (χ3n) is 9.13. The minimum atomic E-state index is -1.04. The summed E-state index contributed by atoms with van der Waals surface area (Å²) in [6, 6.07) is 21.9. The van der Waals surface area contributed by atoms with Crippen LogP contribution in [0.25, 0.3) is 0 Å². The van der Waals surface area contributed by atoms with Crippen molar-refractivity contribution in [2.24, 2.45) is 0 Å². The molecule has 0 aromatic heterocycles. The molecule has 10 nitrogen and oxygen atoms in total. The van der Waals surface area contributed by atoms with Gasteiger partial charge >= 0.3 is 59.1 Å². The van der Waals surface area contributed by atoms with Gasteiger partial charge in [0.25, 0.3) is 0 Å². The molecule has 0 amide bonds. The molecule has 58 heavy (non-hydrogen) atoms. The molecule has 0 heterocycles. The van der Waals surface area contributed by atoms with E-state index in [1.807, 2.05) is 62.4 Å². The van der Waals surface area contributed by atoms with Crippen LogP contribution in [-0.2, 0) is 48.1 Å². The van der Waals surface area contributed by atoms with Gasteiger partial charge in [0.2, 0.25) is 0 Å². The number of aromatic hydroxyl groups is 2. The van der Waals surface area contributed by atoms with E-state index in [4.69, 9.17) is 18.9 Å². The molecule has 0 unspecified atom stereocenters. The SMILES string of the molecule is CCCc1c(CCC(=O)[O-])cccc1OCCCOc1cc(O)ccc1CC.CCCc1c(CCC(=O)[O-])cccc1OCCCOc1cc(O)ccc1CC.[Na+].[Na+]. The second-order valence-electron chi connectivity index (χ2n) is 13.4. The number of carboxylic acid groups (broad SMARTS) is 2. The molecule has 0 saturated carbocycles. The molecule has 0 radical (unpaired) electrons. The average molecular weight is 817 g/mol. The van der Waals surface area contributed by atoms with Gasteiger partial charge in [-0.2, -0.15) is 0 Å². The number of phenolic OH excluding ortho intramolecular Hbond substituents is 2. The number of carbonyl (C=O) groups is 2. The first-order chi connectivity index (χ1) is 27.1. The molecule has 0 aliphatic rings. The Hall–Kier alpha value is -3.38. The number of phenols is 2. The smallest absolute Gasteiger partial charge is 0.550 e. The Morgan fingerprint density at radius 1 is 0.500 bits per heavy atom. The number of aryl methyl sites for hydroxylation is 4. The van der Waals surface area contributed by atoms with Crippen molar-refractivity contribution < 1.29 is 108 Å². The van der Waals surface area contributed by atoms with Crippen LogP contribution in [0.1, 0.15) is 99.6 Å². The van der Waals surface area contributed by atoms with Crippen molar-refractivity contribution >= 4 is 11.9 Å². The molecule has 4 rings (SSSR count). The van der Waals surface area contributed by atoms with E-state index in [9.17, 15) is 30.0 Å². The Kier molecular flexibility index (Phi) is 27.0. The van der Waals surface area contributed by atoms with Crippen LogP contribution in [0.5, 0.6) is 34.5 Å². The van der Waals surface area contributed by atoms with Crippen LogP contribution < -0.4 is 88.3 Å². The third-order valence-corrected chi connectivity index (χ3v) is 9.13. The van der Waals surface area contributed by atoms with Gasteiger partial charge in [-0.1, -0.05) is 76.9 Å². The molecule has 0 saturated heterocycles. The van der Waals surface area contributed by atoms with E-state index in [0.29, 0.717) is 63.6 Å². The number of hydrogen-bond donors (Lipinski definition) is 2. The van der Waals surface area contributed by atoms with Gasteiger partial charge in [-0.05, 0) is 109 Å². The van der Waals surface area contributed by atoms with Crippen LogP contribution in [0.3, 0.4) is 0 Å². The molecular formula is C46H58Na2O10. The molecule has 0 aliphatic carbocycles. The maximum atomic E-state index is 10.8. The third kappa shape index (κ3) is 18.7. The monoisotopic (exact) mass is 816 g/mol. The van der Waals surface area contributed by atoms with Crippen molar-refractivity contribution in [3.8, 4) is 34.5 Å². The molecule has 4 aromatic carbocycles. The molecule has 0 bridgehead atoms. The van der Waals surface area contributed by atoms with Crippen molar-refractivity contribution in [3.05, 3.63) is 106 Å². The first kappa shape index (κ1) is 52.6. The number of ether oxygens (including phenoxy) is 4. The normalized spacial score (nSPS) is 10.3. The topological polar surface area (TPSA) is 158 Å². The van der Waals surface area contributed by atoms with Crippen LogP contribution >= 0.6 is 0 Å². The zero-order valence-electron chi connectivity index (χ0n) is 35.4. The minimum absolute atomic E-state index is 0. The van der Waals surface area contributed by atoms with Crippen molar-refractivity contribution in [2.75, 3.05) is 26.4 Å². The summed E-state index contributed by atoms with van der Waals surface area (Å²) in [5.41, 5.74) is 6.29. The predicted molar refractivity (Wildman–Crippen MR) is 214 cm³/mol. The minimum Gasteiger partial charge on any atom is -0.550 e. The summed E-state index contributed by atoms with van der Waals surface area (Å²) in [4.78, 5) is 21.6. The van der Waals surface area contributed by atoms with E-state index < -0.39 is 11.9 Å². The maximum Gasteiger partial charge on any atom is 1.00 e. The van der Waals surface area contributed by atoms with Crippen molar-refractivity contribution in [2.45, 2.75) is 105 Å². The molecule has 0 spiro atoms. The second kappa shape index (κ2) is 29.8. The van der Waals surface area contributed by atoms with E-state index in [0.717, 1.165) is 83.4 Å². The van der Waals surface area contributed by atoms with Crippen LogP contribution in [0.2, 0.25) is 0 Å². The van der Waals surface area contributed by atoms with Crippen molar-refractivity contribution in [3.63, 3.8) is 0 Å². The fraction of sp³-hybridized carbons (Fsp3) is 0.435. The van der Waals surface area contributed by atoms with E-state index in [1.54, 1.807) is 24.3 Å². The van der Waals surface area contributed by atoms with Crippen molar-refractivity contribution in [1.29, 1.82) is 0 Å². The number of hydrogen-bond acceptors (Lipinski definition) is 10. The number of carbonyl (C=O) groups excluding carboxylic acids is 2. The van der Waals surface area contributed by atoms with E-state index in [2.05, 4.69) is 13.8 Å². The van der Waals surface area contributed by atoms with E-state index >= 15 is 0 Å². The van der Waals surface area contributed by atoms with Crippen LogP contribution in [-0.4, -0.2) is 48.6 Å². The van der Waals surface area contributed by atoms with Gasteiger partial charge in [-0.25, -0.2) is 0 Å². The molecule has 2 N–H and O–H groups in total. The van der Waals surface area contributed by atoms with E-state index in [1.165, 1.54) is 0 Å². The Labute approximate surface area is 388 Å². The summed E-state index contributed by atoms with van der Waals surface area (Å²) < 4.78 is 23.5. The number of carboxylic acids is 2. The van der Waals surface area contributed by atoms with Crippen molar-refractivity contribution in [1.82, 2.24) is 0 Å². The summed E-state index contributed by atoms with van der Waals surface area (Å²) >= 11 is 0. The quantitative estimate of drug-likeness (QED) is 0.0770. The van der Waals surface area contributed by atoms with Gasteiger partial charge in [-0.15, -0.1) is 0 Å². The predicted octanol–water partition coefficient (Wildman–Crippen LogP) is 0.883. The summed E-state index contributed by atoms with van der Waals surface area (Å²) in [6.07, 6.45) is 7.62. The summed E-state index contributed by atoms with van der Waals surface area (Å²) in [7, 11) is 0. The fourth-order valence-corrected chi connectivity index (χ4v) is 6.29. The van der Waals surface area contributed by atoms with Gasteiger partial charge in [0.15, 0.2) is 0 Å². The molecular weight excluding hydrogens is 758 g/mol. The Bertz CT molecular complexity index is 1680. The Balaban J connectivity index is 0.000000561. The summed E-state index contributed by atoms with van der Waals surface area (Å²) in [5, 5.41) is 40.8. The van der Waals surface area contributed by atoms with Gasteiger partial charge < -0.3 is 49.0 Å². The average Bonchev–Trinajstić information content (AvgIpc) is 3.18. The number of rotatable bonds is 24. The van der Waals surface area contributed by atoms with Gasteiger partial charge in [0.1, 0.15) is 34.5 Å². The van der Waals surface area contributed by atoms with E-state index in [-0.39, 0.29) is 83.5 Å². The largest absolute Gasteiger partial charge is 1.00 e.